The van der Waals surface area contributed by atoms with Gasteiger partial charge in [-0.1, -0.05) is 88.4 Å². The minimum absolute atomic E-state index is 0.0933. The summed E-state index contributed by atoms with van der Waals surface area (Å²) < 4.78 is 2.84. The number of benzene rings is 3. The van der Waals surface area contributed by atoms with Crippen LogP contribution >= 0.6 is 27.7 Å². The van der Waals surface area contributed by atoms with Gasteiger partial charge in [-0.05, 0) is 29.8 Å². The number of nitrogens with zero attached hydrogens (tertiary/aromatic N) is 3. The van der Waals surface area contributed by atoms with Crippen molar-refractivity contribution in [1.82, 2.24) is 14.9 Å². The number of thioether (sulfide) groups is 1. The van der Waals surface area contributed by atoms with Crippen molar-refractivity contribution < 1.29 is 4.79 Å². The topological polar surface area (TPSA) is 71.8 Å². The van der Waals surface area contributed by atoms with Gasteiger partial charge in [0.05, 0.1) is 6.04 Å². The number of hydrogen-bond donors (Lipinski definition) is 2. The van der Waals surface area contributed by atoms with Crippen molar-refractivity contribution in [2.45, 2.75) is 16.4 Å². The largest absolute Gasteiger partial charge is 0.325 e. The first kappa shape index (κ1) is 19.8. The van der Waals surface area contributed by atoms with Gasteiger partial charge >= 0.3 is 0 Å². The number of carbonyl (C=O) groups excluding carboxylic acids is 1. The molecule has 0 fully saturated rings. The van der Waals surface area contributed by atoms with Crippen LogP contribution in [0.3, 0.4) is 0 Å². The number of aromatic nitrogens is 3. The molecule has 4 aromatic rings. The summed E-state index contributed by atoms with van der Waals surface area (Å²) in [6.45, 7) is 0. The van der Waals surface area contributed by atoms with Gasteiger partial charge in [-0.2, -0.15) is 0 Å². The Hall–Kier alpha value is -3.10. The van der Waals surface area contributed by atoms with Crippen molar-refractivity contribution in [3.63, 3.8) is 0 Å². The fourth-order valence-corrected chi connectivity index (χ4v) is 4.83. The smallest absolute Gasteiger partial charge is 0.240 e. The van der Waals surface area contributed by atoms with Crippen molar-refractivity contribution in [3.8, 4) is 11.4 Å². The van der Waals surface area contributed by atoms with Crippen molar-refractivity contribution in [1.29, 1.82) is 0 Å². The van der Waals surface area contributed by atoms with E-state index in [1.54, 1.807) is 0 Å². The molecule has 154 valence electrons. The maximum absolute atomic E-state index is 13.3. The van der Waals surface area contributed by atoms with Gasteiger partial charge in [0.1, 0.15) is 5.25 Å². The molecule has 1 aliphatic heterocycles. The minimum Gasteiger partial charge on any atom is -0.325 e. The summed E-state index contributed by atoms with van der Waals surface area (Å²) in [4.78, 5) is 13.3. The monoisotopic (exact) mass is 491 g/mol. The van der Waals surface area contributed by atoms with Crippen LogP contribution in [0.25, 0.3) is 11.4 Å². The molecule has 2 atom stereocenters. The van der Waals surface area contributed by atoms with Crippen LogP contribution in [-0.4, -0.2) is 26.0 Å². The Labute approximate surface area is 192 Å². The van der Waals surface area contributed by atoms with Crippen LogP contribution in [-0.2, 0) is 4.79 Å². The Morgan fingerprint density at radius 3 is 2.32 bits per heavy atom. The van der Waals surface area contributed by atoms with Crippen LogP contribution in [0.5, 0.6) is 0 Å². The van der Waals surface area contributed by atoms with Gasteiger partial charge in [-0.15, -0.1) is 10.2 Å². The van der Waals surface area contributed by atoms with Gasteiger partial charge in [0.2, 0.25) is 11.1 Å². The summed E-state index contributed by atoms with van der Waals surface area (Å²) in [6, 6.07) is 27.2. The van der Waals surface area contributed by atoms with E-state index >= 15 is 0 Å². The number of carbonyl (C=O) groups is 1. The van der Waals surface area contributed by atoms with Gasteiger partial charge in [-0.3, -0.25) is 4.79 Å². The van der Waals surface area contributed by atoms with E-state index in [9.17, 15) is 4.79 Å². The molecule has 0 unspecified atom stereocenters. The number of amides is 1. The highest BCUT2D eigenvalue weighted by Gasteiger charge is 2.38. The van der Waals surface area contributed by atoms with Crippen LogP contribution < -0.4 is 10.7 Å². The van der Waals surface area contributed by atoms with E-state index < -0.39 is 5.25 Å². The third kappa shape index (κ3) is 4.08. The van der Waals surface area contributed by atoms with Crippen LogP contribution in [0.1, 0.15) is 11.6 Å². The Kier molecular flexibility index (Phi) is 5.48. The van der Waals surface area contributed by atoms with E-state index in [0.29, 0.717) is 5.16 Å². The fraction of sp³-hybridized carbons (Fsp3) is 0.0870. The molecule has 0 saturated carbocycles. The molecule has 0 radical (unpaired) electrons. The number of halogens is 1. The van der Waals surface area contributed by atoms with Gasteiger partial charge in [0.25, 0.3) is 0 Å². The first-order valence-electron chi connectivity index (χ1n) is 9.74. The van der Waals surface area contributed by atoms with Gasteiger partial charge in [-0.25, -0.2) is 4.68 Å². The second-order valence-corrected chi connectivity index (χ2v) is 9.08. The van der Waals surface area contributed by atoms with Gasteiger partial charge in [0, 0.05) is 15.7 Å². The van der Waals surface area contributed by atoms with Crippen LogP contribution in [0.15, 0.2) is 94.6 Å². The Morgan fingerprint density at radius 1 is 0.935 bits per heavy atom. The van der Waals surface area contributed by atoms with E-state index in [-0.39, 0.29) is 11.9 Å². The first-order valence-corrected chi connectivity index (χ1v) is 11.4. The molecule has 0 saturated heterocycles. The SMILES string of the molecule is O=C(Nc1ccc(Br)cc1)[C@@H]1Sc2nnc(-c3ccccc3)n2N[C@H]1c1ccccc1. The fourth-order valence-electron chi connectivity index (χ4n) is 3.49. The molecule has 1 aromatic heterocycles. The summed E-state index contributed by atoms with van der Waals surface area (Å²) in [5.74, 6) is 0.625. The summed E-state index contributed by atoms with van der Waals surface area (Å²) in [6.07, 6.45) is 0. The highest BCUT2D eigenvalue weighted by Crippen LogP contribution is 2.39. The molecule has 2 N–H and O–H groups in total. The number of anilines is 1. The standard InChI is InChI=1S/C23H18BrN5OS/c24-17-11-13-18(14-12-17)25-22(30)20-19(15-7-3-1-4-8-15)28-29-21(26-27-23(29)31-20)16-9-5-2-6-10-16/h1-14,19-20,28H,(H,25,30)/t19-,20+/m0/s1. The van der Waals surface area contributed by atoms with E-state index in [1.165, 1.54) is 11.8 Å². The van der Waals surface area contributed by atoms with Crippen LogP contribution in [0, 0.1) is 0 Å². The molecule has 5 rings (SSSR count). The second kappa shape index (κ2) is 8.56. The summed E-state index contributed by atoms with van der Waals surface area (Å²) >= 11 is 4.83. The Bertz CT molecular complexity index is 1200. The highest BCUT2D eigenvalue weighted by atomic mass is 79.9. The molecule has 6 nitrogen and oxygen atoms in total. The lowest BCUT2D eigenvalue weighted by Gasteiger charge is -2.33. The number of fused-ring (bicyclic) bond motifs is 1. The maximum atomic E-state index is 13.3. The van der Waals surface area contributed by atoms with Crippen molar-refractivity contribution in [2.75, 3.05) is 10.7 Å². The van der Waals surface area contributed by atoms with Gasteiger partial charge in [0.15, 0.2) is 5.82 Å². The molecule has 1 amide bonds. The van der Waals surface area contributed by atoms with Crippen molar-refractivity contribution >= 4 is 39.3 Å². The molecule has 31 heavy (non-hydrogen) atoms. The zero-order chi connectivity index (χ0) is 21.2. The van der Waals surface area contributed by atoms with E-state index in [4.69, 9.17) is 0 Å². The number of rotatable bonds is 4. The zero-order valence-corrected chi connectivity index (χ0v) is 18.7. The molecule has 1 aliphatic rings. The zero-order valence-electron chi connectivity index (χ0n) is 16.3. The number of hydrogen-bond acceptors (Lipinski definition) is 5. The Morgan fingerprint density at radius 2 is 1.61 bits per heavy atom. The van der Waals surface area contributed by atoms with Crippen LogP contribution in [0.4, 0.5) is 5.69 Å². The molecule has 0 spiro atoms. The molecule has 0 bridgehead atoms. The van der Waals surface area contributed by atoms with Gasteiger partial charge < -0.3 is 10.7 Å². The third-order valence-electron chi connectivity index (χ3n) is 5.00. The normalized spacial score (nSPS) is 17.5. The van der Waals surface area contributed by atoms with Crippen LogP contribution in [0.2, 0.25) is 0 Å². The number of nitrogens with one attached hydrogen (secondary N) is 2. The highest BCUT2D eigenvalue weighted by molar-refractivity contribution is 9.10. The average molecular weight is 492 g/mol. The molecule has 2 heterocycles. The summed E-state index contributed by atoms with van der Waals surface area (Å²) in [7, 11) is 0. The third-order valence-corrected chi connectivity index (χ3v) is 6.74. The molecule has 8 heteroatoms. The Balaban J connectivity index is 1.50. The van der Waals surface area contributed by atoms with Crippen molar-refractivity contribution in [2.24, 2.45) is 0 Å². The predicted octanol–water partition coefficient (Wildman–Crippen LogP) is 5.11. The minimum atomic E-state index is -0.425. The first-order chi connectivity index (χ1) is 15.2. The van der Waals surface area contributed by atoms with E-state index in [0.717, 1.165) is 27.1 Å². The molecule has 0 aliphatic carbocycles. The average Bonchev–Trinajstić information content (AvgIpc) is 3.24. The lowest BCUT2D eigenvalue weighted by molar-refractivity contribution is -0.116. The van der Waals surface area contributed by atoms with E-state index in [2.05, 4.69) is 36.9 Å². The lowest BCUT2D eigenvalue weighted by Crippen LogP contribution is -2.41. The predicted molar refractivity (Wildman–Crippen MR) is 126 cm³/mol. The summed E-state index contributed by atoms with van der Waals surface area (Å²) in [5.41, 5.74) is 6.21. The summed E-state index contributed by atoms with van der Waals surface area (Å²) in [5, 5.41) is 12.0. The molecular formula is C23H18BrN5OS. The second-order valence-electron chi connectivity index (χ2n) is 7.06. The molecule has 3 aromatic carbocycles. The molecular weight excluding hydrogens is 474 g/mol. The maximum Gasteiger partial charge on any atom is 0.240 e. The quantitative estimate of drug-likeness (QED) is 0.415. The van der Waals surface area contributed by atoms with E-state index in [1.807, 2.05) is 89.6 Å². The lowest BCUT2D eigenvalue weighted by atomic mass is 10.0. The van der Waals surface area contributed by atoms with Crippen molar-refractivity contribution in [3.05, 3.63) is 95.0 Å².